The summed E-state index contributed by atoms with van der Waals surface area (Å²) in [4.78, 5) is 16.3. The van der Waals surface area contributed by atoms with E-state index in [2.05, 4.69) is 10.3 Å². The van der Waals surface area contributed by atoms with E-state index in [4.69, 9.17) is 20.3 Å². The van der Waals surface area contributed by atoms with Crippen molar-refractivity contribution >= 4 is 22.5 Å². The molecule has 0 spiro atoms. The van der Waals surface area contributed by atoms with Gasteiger partial charge in [-0.15, -0.1) is 0 Å². The topological polar surface area (TPSA) is 107 Å². The maximum atomic E-state index is 11.8. The second kappa shape index (κ2) is 9.01. The largest absolute Gasteiger partial charge is 0.490 e. The molecule has 1 aliphatic carbocycles. The van der Waals surface area contributed by atoms with Crippen molar-refractivity contribution in [3.05, 3.63) is 30.0 Å². The van der Waals surface area contributed by atoms with Crippen molar-refractivity contribution in [2.24, 2.45) is 0 Å². The zero-order valence-electron chi connectivity index (χ0n) is 15.6. The van der Waals surface area contributed by atoms with E-state index in [0.717, 1.165) is 48.0 Å². The van der Waals surface area contributed by atoms with Gasteiger partial charge in [0.2, 0.25) is 5.91 Å². The number of nitrogen functional groups attached to an aromatic ring is 1. The first-order chi connectivity index (χ1) is 13.1. The Kier molecular flexibility index (Phi) is 6.47. The smallest absolute Gasteiger partial charge is 0.246 e. The molecule has 0 radical (unpaired) electrons. The number of hydrogen-bond donors (Lipinski definition) is 3. The monoisotopic (exact) mass is 373 g/mol. The third kappa shape index (κ3) is 5.08. The van der Waals surface area contributed by atoms with Crippen LogP contribution in [0.3, 0.4) is 0 Å². The minimum Gasteiger partial charge on any atom is -0.490 e. The summed E-state index contributed by atoms with van der Waals surface area (Å²) in [5.41, 5.74) is 8.60. The van der Waals surface area contributed by atoms with Crippen molar-refractivity contribution in [1.29, 1.82) is 0 Å². The molecule has 1 heterocycles. The van der Waals surface area contributed by atoms with Gasteiger partial charge >= 0.3 is 0 Å². The highest BCUT2D eigenvalue weighted by molar-refractivity contribution is 5.95. The highest BCUT2D eigenvalue weighted by Gasteiger charge is 2.24. The molecule has 27 heavy (non-hydrogen) atoms. The number of carbonyl (C=O) groups is 1. The van der Waals surface area contributed by atoms with Gasteiger partial charge in [-0.2, -0.15) is 0 Å². The second-order valence-corrected chi connectivity index (χ2v) is 6.94. The van der Waals surface area contributed by atoms with Gasteiger partial charge in [-0.05, 0) is 50.8 Å². The highest BCUT2D eigenvalue weighted by Crippen LogP contribution is 2.33. The van der Waals surface area contributed by atoms with E-state index in [9.17, 15) is 4.79 Å². The fraction of sp³-hybridized carbons (Fsp3) is 0.500. The van der Waals surface area contributed by atoms with Crippen LogP contribution in [0.2, 0.25) is 0 Å². The third-order valence-corrected chi connectivity index (χ3v) is 4.76. The summed E-state index contributed by atoms with van der Waals surface area (Å²) < 4.78 is 11.3. The normalized spacial score (nSPS) is 19.8. The van der Waals surface area contributed by atoms with E-state index in [1.807, 2.05) is 31.2 Å². The Morgan fingerprint density at radius 3 is 2.85 bits per heavy atom. The molecule has 7 heteroatoms. The summed E-state index contributed by atoms with van der Waals surface area (Å²) in [6.07, 6.45) is 3.52. The minimum atomic E-state index is -0.143. The Morgan fingerprint density at radius 1 is 1.33 bits per heavy atom. The number of aromatic nitrogens is 1. The van der Waals surface area contributed by atoms with Crippen LogP contribution in [0.1, 0.15) is 31.4 Å². The summed E-state index contributed by atoms with van der Waals surface area (Å²) in [6.45, 7) is 2.01. The first kappa shape index (κ1) is 19.4. The predicted octanol–water partition coefficient (Wildman–Crippen LogP) is 1.94. The number of aliphatic hydroxyl groups excluding tert-OH is 1. The van der Waals surface area contributed by atoms with Crippen LogP contribution in [0.5, 0.6) is 5.75 Å². The van der Waals surface area contributed by atoms with E-state index in [-0.39, 0.29) is 37.9 Å². The van der Waals surface area contributed by atoms with Crippen molar-refractivity contribution in [3.63, 3.8) is 0 Å². The molecule has 4 N–H and O–H groups in total. The first-order valence-electron chi connectivity index (χ1n) is 9.37. The van der Waals surface area contributed by atoms with Crippen LogP contribution in [0, 0.1) is 6.92 Å². The number of hydrogen-bond acceptors (Lipinski definition) is 6. The lowest BCUT2D eigenvalue weighted by Gasteiger charge is -2.30. The van der Waals surface area contributed by atoms with E-state index >= 15 is 0 Å². The van der Waals surface area contributed by atoms with E-state index in [1.165, 1.54) is 0 Å². The quantitative estimate of drug-likeness (QED) is 0.641. The maximum Gasteiger partial charge on any atom is 0.246 e. The first-order valence-corrected chi connectivity index (χ1v) is 9.37. The van der Waals surface area contributed by atoms with Crippen LogP contribution in [0.4, 0.5) is 5.69 Å². The number of anilines is 1. The number of nitrogens with zero attached hydrogens (tertiary/aromatic N) is 1. The zero-order valence-corrected chi connectivity index (χ0v) is 15.6. The Hall–Kier alpha value is -2.38. The number of nitrogens with one attached hydrogen (secondary N) is 1. The summed E-state index contributed by atoms with van der Waals surface area (Å²) in [5.74, 6) is 0.624. The lowest BCUT2D eigenvalue weighted by Crippen LogP contribution is -2.41. The highest BCUT2D eigenvalue weighted by atomic mass is 16.5. The summed E-state index contributed by atoms with van der Waals surface area (Å²) in [7, 11) is 0. The van der Waals surface area contributed by atoms with Gasteiger partial charge in [0.05, 0.1) is 30.2 Å². The number of aliphatic hydroxyl groups is 1. The molecule has 1 fully saturated rings. The molecular formula is C20H27N3O4. The molecule has 7 nitrogen and oxygen atoms in total. The average molecular weight is 373 g/mol. The van der Waals surface area contributed by atoms with Gasteiger partial charge in [0.15, 0.2) is 0 Å². The average Bonchev–Trinajstić information content (AvgIpc) is 2.63. The Morgan fingerprint density at radius 2 is 2.11 bits per heavy atom. The van der Waals surface area contributed by atoms with Gasteiger partial charge in [0.25, 0.3) is 0 Å². The Labute approximate surface area is 158 Å². The van der Waals surface area contributed by atoms with Crippen molar-refractivity contribution in [2.75, 3.05) is 25.6 Å². The standard InChI is InChI=1S/C20H27N3O4/c1-13-11-16(21)20-17(22-13)3-2-4-18(20)27-15-7-5-14(6-8-15)23-19(25)12-26-10-9-24/h2-4,11,14-15,24H,5-10,12H2,1H3,(H2,21,22)(H,23,25)/t14-,15-. The van der Waals surface area contributed by atoms with Gasteiger partial charge in [-0.1, -0.05) is 6.07 Å². The number of nitrogens with two attached hydrogens (primary N) is 1. The summed E-state index contributed by atoms with van der Waals surface area (Å²) in [6, 6.07) is 7.80. The number of rotatable bonds is 7. The SMILES string of the molecule is Cc1cc(N)c2c(O[C@H]3CC[C@H](NC(=O)COCCO)CC3)cccc2n1. The molecule has 1 saturated carbocycles. The molecule has 0 bridgehead atoms. The van der Waals surface area contributed by atoms with Gasteiger partial charge in [-0.25, -0.2) is 0 Å². The lowest BCUT2D eigenvalue weighted by molar-refractivity contribution is -0.127. The maximum absolute atomic E-state index is 11.8. The number of ether oxygens (including phenoxy) is 2. The molecule has 0 atom stereocenters. The molecule has 146 valence electrons. The van der Waals surface area contributed by atoms with E-state index in [0.29, 0.717) is 5.69 Å². The molecule has 1 amide bonds. The molecule has 0 aliphatic heterocycles. The van der Waals surface area contributed by atoms with E-state index in [1.54, 1.807) is 0 Å². The summed E-state index contributed by atoms with van der Waals surface area (Å²) in [5, 5.41) is 12.5. The minimum absolute atomic E-state index is 0.0152. The van der Waals surface area contributed by atoms with Crippen LogP contribution in [0.15, 0.2) is 24.3 Å². The van der Waals surface area contributed by atoms with Crippen LogP contribution in [-0.4, -0.2) is 48.0 Å². The van der Waals surface area contributed by atoms with Gasteiger partial charge in [0.1, 0.15) is 12.4 Å². The molecular weight excluding hydrogens is 346 g/mol. The van der Waals surface area contributed by atoms with Crippen LogP contribution in [0.25, 0.3) is 10.9 Å². The van der Waals surface area contributed by atoms with E-state index < -0.39 is 0 Å². The number of pyridine rings is 1. The predicted molar refractivity (Wildman–Crippen MR) is 104 cm³/mol. The fourth-order valence-electron chi connectivity index (χ4n) is 3.52. The van der Waals surface area contributed by atoms with Gasteiger partial charge in [-0.3, -0.25) is 9.78 Å². The number of aryl methyl sites for hydroxylation is 1. The van der Waals surface area contributed by atoms with Crippen molar-refractivity contribution in [3.8, 4) is 5.75 Å². The number of fused-ring (bicyclic) bond motifs is 1. The summed E-state index contributed by atoms with van der Waals surface area (Å²) >= 11 is 0. The molecule has 3 rings (SSSR count). The third-order valence-electron chi connectivity index (χ3n) is 4.76. The Bertz CT molecular complexity index is 788. The lowest BCUT2D eigenvalue weighted by atomic mass is 9.93. The molecule has 1 aromatic carbocycles. The molecule has 2 aromatic rings. The van der Waals surface area contributed by atoms with Gasteiger partial charge < -0.3 is 25.6 Å². The van der Waals surface area contributed by atoms with Crippen molar-refractivity contribution < 1.29 is 19.4 Å². The molecule has 1 aliphatic rings. The van der Waals surface area contributed by atoms with Gasteiger partial charge in [0, 0.05) is 17.4 Å². The molecule has 0 unspecified atom stereocenters. The van der Waals surface area contributed by atoms with Crippen molar-refractivity contribution in [1.82, 2.24) is 10.3 Å². The number of benzene rings is 1. The Balaban J connectivity index is 1.55. The van der Waals surface area contributed by atoms with Crippen LogP contribution >= 0.6 is 0 Å². The molecule has 1 aromatic heterocycles. The zero-order chi connectivity index (χ0) is 19.2. The van der Waals surface area contributed by atoms with Crippen LogP contribution < -0.4 is 15.8 Å². The second-order valence-electron chi connectivity index (χ2n) is 6.94. The number of amides is 1. The number of carbonyl (C=O) groups excluding carboxylic acids is 1. The molecule has 0 saturated heterocycles. The van der Waals surface area contributed by atoms with Crippen molar-refractivity contribution in [2.45, 2.75) is 44.8 Å². The fourth-order valence-corrected chi connectivity index (χ4v) is 3.52. The van der Waals surface area contributed by atoms with Crippen LogP contribution in [-0.2, 0) is 9.53 Å².